The van der Waals surface area contributed by atoms with E-state index in [1.807, 2.05) is 0 Å². The molecular formula is C14H22O4. The van der Waals surface area contributed by atoms with Crippen LogP contribution in [0.2, 0.25) is 0 Å². The Balaban J connectivity index is 1.78. The topological polar surface area (TPSA) is 52.6 Å². The summed E-state index contributed by atoms with van der Waals surface area (Å²) in [6, 6.07) is 0. The molecule has 0 aromatic heterocycles. The number of ether oxygens (including phenoxy) is 2. The van der Waals surface area contributed by atoms with Gasteiger partial charge in [-0.1, -0.05) is 0 Å². The van der Waals surface area contributed by atoms with Gasteiger partial charge in [0.1, 0.15) is 11.9 Å². The van der Waals surface area contributed by atoms with Crippen LogP contribution in [0.4, 0.5) is 0 Å². The third-order valence-electron chi connectivity index (χ3n) is 4.07. The van der Waals surface area contributed by atoms with Crippen LogP contribution in [-0.2, 0) is 19.1 Å². The highest BCUT2D eigenvalue weighted by Gasteiger charge is 2.30. The molecule has 4 heteroatoms. The van der Waals surface area contributed by atoms with Crippen molar-refractivity contribution < 1.29 is 19.1 Å². The lowest BCUT2D eigenvalue weighted by atomic mass is 9.88. The summed E-state index contributed by atoms with van der Waals surface area (Å²) < 4.78 is 10.9. The van der Waals surface area contributed by atoms with Crippen molar-refractivity contribution in [1.82, 2.24) is 0 Å². The largest absolute Gasteiger partial charge is 0.462 e. The fraction of sp³-hybridized carbons (Fsp3) is 0.857. The fourth-order valence-corrected chi connectivity index (χ4v) is 2.86. The molecule has 18 heavy (non-hydrogen) atoms. The molecule has 102 valence electrons. The van der Waals surface area contributed by atoms with Gasteiger partial charge in [-0.25, -0.2) is 0 Å². The van der Waals surface area contributed by atoms with Crippen molar-refractivity contribution >= 4 is 11.8 Å². The minimum atomic E-state index is -0.107. The Hall–Kier alpha value is -0.900. The van der Waals surface area contributed by atoms with E-state index in [1.54, 1.807) is 7.11 Å². The highest BCUT2D eigenvalue weighted by atomic mass is 16.5. The number of methoxy groups -OCH3 is 1. The van der Waals surface area contributed by atoms with E-state index in [4.69, 9.17) is 9.47 Å². The standard InChI is InChI=1S/C14H22O4/c1-17-12-3-2-4-13(9-12)18-14(16)10-5-7-11(15)8-6-10/h10,12-13H,2-9H2,1H3/t12-,13+/m0/s1. The zero-order valence-corrected chi connectivity index (χ0v) is 11.0. The number of esters is 1. The molecule has 0 aromatic carbocycles. The molecule has 2 fully saturated rings. The van der Waals surface area contributed by atoms with Gasteiger partial charge in [-0.2, -0.15) is 0 Å². The van der Waals surface area contributed by atoms with Crippen LogP contribution in [-0.4, -0.2) is 31.1 Å². The molecule has 0 N–H and O–H groups in total. The van der Waals surface area contributed by atoms with E-state index >= 15 is 0 Å². The van der Waals surface area contributed by atoms with E-state index in [1.165, 1.54) is 0 Å². The molecule has 0 aromatic rings. The first-order chi connectivity index (χ1) is 8.69. The van der Waals surface area contributed by atoms with Crippen molar-refractivity contribution in [3.05, 3.63) is 0 Å². The number of Topliss-reactive ketones (excluding diaryl/α,β-unsaturated/α-hetero) is 1. The zero-order valence-electron chi connectivity index (χ0n) is 11.0. The Labute approximate surface area is 108 Å². The average Bonchev–Trinajstić information content (AvgIpc) is 2.39. The summed E-state index contributed by atoms with van der Waals surface area (Å²) in [5.41, 5.74) is 0. The molecule has 2 rings (SSSR count). The lowest BCUT2D eigenvalue weighted by molar-refractivity contribution is -0.159. The second kappa shape index (κ2) is 6.32. The van der Waals surface area contributed by atoms with Gasteiger partial charge in [-0.05, 0) is 32.1 Å². The van der Waals surface area contributed by atoms with E-state index in [0.717, 1.165) is 25.7 Å². The van der Waals surface area contributed by atoms with Crippen molar-refractivity contribution in [2.24, 2.45) is 5.92 Å². The zero-order chi connectivity index (χ0) is 13.0. The molecule has 0 saturated heterocycles. The van der Waals surface area contributed by atoms with Gasteiger partial charge in [0.25, 0.3) is 0 Å². The second-order valence-corrected chi connectivity index (χ2v) is 5.40. The molecule has 0 spiro atoms. The van der Waals surface area contributed by atoms with Gasteiger partial charge in [0.2, 0.25) is 0 Å². The Morgan fingerprint density at radius 2 is 1.78 bits per heavy atom. The van der Waals surface area contributed by atoms with Gasteiger partial charge in [0, 0.05) is 26.4 Å². The Kier molecular flexibility index (Phi) is 4.75. The number of ketones is 1. The molecule has 0 aliphatic heterocycles. The van der Waals surface area contributed by atoms with Crippen molar-refractivity contribution in [3.63, 3.8) is 0 Å². The van der Waals surface area contributed by atoms with Gasteiger partial charge >= 0.3 is 5.97 Å². The first-order valence-corrected chi connectivity index (χ1v) is 6.94. The van der Waals surface area contributed by atoms with E-state index in [9.17, 15) is 9.59 Å². The number of rotatable bonds is 3. The predicted molar refractivity (Wildman–Crippen MR) is 66.1 cm³/mol. The molecule has 4 nitrogen and oxygen atoms in total. The summed E-state index contributed by atoms with van der Waals surface area (Å²) in [5.74, 6) is 0.103. The highest BCUT2D eigenvalue weighted by Crippen LogP contribution is 2.27. The molecule has 0 heterocycles. The van der Waals surface area contributed by atoms with Gasteiger partial charge in [-0.15, -0.1) is 0 Å². The van der Waals surface area contributed by atoms with Crippen LogP contribution in [0.15, 0.2) is 0 Å². The minimum absolute atomic E-state index is 0.00817. The fourth-order valence-electron chi connectivity index (χ4n) is 2.86. The summed E-state index contributed by atoms with van der Waals surface area (Å²) in [4.78, 5) is 23.1. The molecule has 2 saturated carbocycles. The van der Waals surface area contributed by atoms with Gasteiger partial charge < -0.3 is 9.47 Å². The summed E-state index contributed by atoms with van der Waals surface area (Å²) in [6.07, 6.45) is 6.50. The first kappa shape index (κ1) is 13.5. The molecule has 2 aliphatic carbocycles. The van der Waals surface area contributed by atoms with Crippen LogP contribution in [0.5, 0.6) is 0 Å². The van der Waals surface area contributed by atoms with Crippen LogP contribution in [0.3, 0.4) is 0 Å². The number of carbonyl (C=O) groups is 2. The molecule has 0 unspecified atom stereocenters. The number of hydrogen-bond acceptors (Lipinski definition) is 4. The van der Waals surface area contributed by atoms with E-state index in [-0.39, 0.29) is 29.9 Å². The van der Waals surface area contributed by atoms with Crippen molar-refractivity contribution in [1.29, 1.82) is 0 Å². The first-order valence-electron chi connectivity index (χ1n) is 6.94. The quantitative estimate of drug-likeness (QED) is 0.725. The molecular weight excluding hydrogens is 232 g/mol. The van der Waals surface area contributed by atoms with Crippen LogP contribution >= 0.6 is 0 Å². The maximum Gasteiger partial charge on any atom is 0.309 e. The minimum Gasteiger partial charge on any atom is -0.462 e. The summed E-state index contributed by atoms with van der Waals surface area (Å²) in [5, 5.41) is 0. The summed E-state index contributed by atoms with van der Waals surface area (Å²) >= 11 is 0. The Morgan fingerprint density at radius 3 is 2.44 bits per heavy atom. The molecule has 0 radical (unpaired) electrons. The normalized spacial score (nSPS) is 30.2. The summed E-state index contributed by atoms with van der Waals surface area (Å²) in [6.45, 7) is 0. The third-order valence-corrected chi connectivity index (χ3v) is 4.07. The highest BCUT2D eigenvalue weighted by molar-refractivity contribution is 5.82. The number of carbonyl (C=O) groups excluding carboxylic acids is 2. The molecule has 2 aliphatic rings. The third kappa shape index (κ3) is 3.55. The van der Waals surface area contributed by atoms with E-state index < -0.39 is 0 Å². The SMILES string of the molecule is CO[C@H]1CCC[C@@H](OC(=O)C2CCC(=O)CC2)C1. The maximum atomic E-state index is 12.0. The molecule has 2 atom stereocenters. The van der Waals surface area contributed by atoms with Crippen LogP contribution < -0.4 is 0 Å². The Bertz CT molecular complexity index is 303. The van der Waals surface area contributed by atoms with E-state index in [2.05, 4.69) is 0 Å². The lowest BCUT2D eigenvalue weighted by Gasteiger charge is -2.29. The van der Waals surface area contributed by atoms with Crippen molar-refractivity contribution in [2.75, 3.05) is 7.11 Å². The van der Waals surface area contributed by atoms with Gasteiger partial charge in [-0.3, -0.25) is 9.59 Å². The molecule has 0 bridgehead atoms. The smallest absolute Gasteiger partial charge is 0.309 e. The van der Waals surface area contributed by atoms with Crippen molar-refractivity contribution in [3.8, 4) is 0 Å². The monoisotopic (exact) mass is 254 g/mol. The van der Waals surface area contributed by atoms with Crippen molar-refractivity contribution in [2.45, 2.75) is 63.6 Å². The van der Waals surface area contributed by atoms with Crippen LogP contribution in [0.25, 0.3) is 0 Å². The number of hydrogen-bond donors (Lipinski definition) is 0. The average molecular weight is 254 g/mol. The molecule has 0 amide bonds. The predicted octanol–water partition coefficient (Wildman–Crippen LogP) is 2.25. The Morgan fingerprint density at radius 1 is 1.11 bits per heavy atom. The van der Waals surface area contributed by atoms with Gasteiger partial charge in [0.05, 0.1) is 12.0 Å². The lowest BCUT2D eigenvalue weighted by Crippen LogP contribution is -2.32. The second-order valence-electron chi connectivity index (χ2n) is 5.40. The van der Waals surface area contributed by atoms with Crippen LogP contribution in [0.1, 0.15) is 51.4 Å². The maximum absolute atomic E-state index is 12.0. The summed E-state index contributed by atoms with van der Waals surface area (Å²) in [7, 11) is 1.71. The van der Waals surface area contributed by atoms with Crippen LogP contribution in [0, 0.1) is 5.92 Å². The van der Waals surface area contributed by atoms with Gasteiger partial charge in [0.15, 0.2) is 0 Å². The van der Waals surface area contributed by atoms with E-state index in [0.29, 0.717) is 25.7 Å².